The van der Waals surface area contributed by atoms with Gasteiger partial charge in [0.05, 0.1) is 13.2 Å². The van der Waals surface area contributed by atoms with Crippen LogP contribution in [0.4, 0.5) is 9.59 Å². The number of nitrogens with one attached hydrogen (secondary N) is 2. The second-order valence-corrected chi connectivity index (χ2v) is 6.11. The van der Waals surface area contributed by atoms with Crippen LogP contribution in [0.2, 0.25) is 0 Å². The summed E-state index contributed by atoms with van der Waals surface area (Å²) in [4.78, 5) is 46.5. The molecule has 0 saturated heterocycles. The van der Waals surface area contributed by atoms with Gasteiger partial charge in [0.2, 0.25) is 5.91 Å². The van der Waals surface area contributed by atoms with Gasteiger partial charge >= 0.3 is 18.2 Å². The maximum Gasteiger partial charge on any atom is 0.413 e. The zero-order chi connectivity index (χ0) is 19.5. The molecule has 0 aromatic rings. The van der Waals surface area contributed by atoms with Gasteiger partial charge in [-0.3, -0.25) is 10.1 Å². The highest BCUT2D eigenvalue weighted by Gasteiger charge is 2.27. The molecule has 1 atom stereocenters. The fourth-order valence-electron chi connectivity index (χ4n) is 1.75. The van der Waals surface area contributed by atoms with Crippen molar-refractivity contribution in [2.75, 3.05) is 13.2 Å². The predicted molar refractivity (Wildman–Crippen MR) is 88.8 cm³/mol. The van der Waals surface area contributed by atoms with Gasteiger partial charge in [-0.05, 0) is 47.5 Å². The Labute approximate surface area is 147 Å². The highest BCUT2D eigenvalue weighted by atomic mass is 16.6. The Morgan fingerprint density at radius 2 is 1.52 bits per heavy atom. The summed E-state index contributed by atoms with van der Waals surface area (Å²) >= 11 is 0. The molecule has 144 valence electrons. The fraction of sp³-hybridized carbons (Fsp3) is 0.750. The average molecular weight is 360 g/mol. The molecule has 0 heterocycles. The van der Waals surface area contributed by atoms with Crippen LogP contribution in [0.5, 0.6) is 0 Å². The smallest absolute Gasteiger partial charge is 0.413 e. The fourth-order valence-corrected chi connectivity index (χ4v) is 1.75. The van der Waals surface area contributed by atoms with Crippen LogP contribution in [-0.4, -0.2) is 48.9 Å². The molecule has 0 aliphatic rings. The first-order chi connectivity index (χ1) is 11.6. The normalized spacial score (nSPS) is 11.9. The molecule has 9 nitrogen and oxygen atoms in total. The minimum atomic E-state index is -0.950. The number of ether oxygens (including phenoxy) is 3. The van der Waals surface area contributed by atoms with E-state index in [-0.39, 0.29) is 32.5 Å². The van der Waals surface area contributed by atoms with E-state index in [1.807, 2.05) is 0 Å². The van der Waals surface area contributed by atoms with E-state index in [0.717, 1.165) is 0 Å². The molecule has 0 aromatic heterocycles. The molecule has 3 amide bonds. The van der Waals surface area contributed by atoms with E-state index in [4.69, 9.17) is 9.47 Å². The Kier molecular flexibility index (Phi) is 10.2. The van der Waals surface area contributed by atoms with Crippen LogP contribution in [0.15, 0.2) is 0 Å². The van der Waals surface area contributed by atoms with Gasteiger partial charge in [0.25, 0.3) is 0 Å². The number of carbonyl (C=O) groups excluding carboxylic acids is 4. The van der Waals surface area contributed by atoms with Crippen LogP contribution >= 0.6 is 0 Å². The lowest BCUT2D eigenvalue weighted by molar-refractivity contribution is -0.157. The molecular formula is C16H28N2O7. The van der Waals surface area contributed by atoms with E-state index in [0.29, 0.717) is 0 Å². The van der Waals surface area contributed by atoms with Crippen molar-refractivity contribution in [2.45, 2.75) is 65.5 Å². The van der Waals surface area contributed by atoms with Crippen LogP contribution in [0, 0.1) is 0 Å². The first-order valence-corrected chi connectivity index (χ1v) is 8.21. The molecule has 0 rings (SSSR count). The number of rotatable bonds is 8. The maximum atomic E-state index is 12.2. The molecule has 0 fully saturated rings. The van der Waals surface area contributed by atoms with E-state index in [9.17, 15) is 19.2 Å². The van der Waals surface area contributed by atoms with Crippen molar-refractivity contribution in [3.8, 4) is 0 Å². The third kappa shape index (κ3) is 11.8. The molecule has 0 aliphatic heterocycles. The van der Waals surface area contributed by atoms with E-state index >= 15 is 0 Å². The Balaban J connectivity index is 4.57. The lowest BCUT2D eigenvalue weighted by Crippen LogP contribution is -2.44. The van der Waals surface area contributed by atoms with Gasteiger partial charge in [-0.2, -0.15) is 0 Å². The molecule has 0 saturated carbocycles. The number of hydrogen-bond donors (Lipinski definition) is 2. The number of esters is 1. The topological polar surface area (TPSA) is 120 Å². The van der Waals surface area contributed by atoms with Crippen molar-refractivity contribution < 1.29 is 33.4 Å². The first-order valence-electron chi connectivity index (χ1n) is 8.21. The summed E-state index contributed by atoms with van der Waals surface area (Å²) in [6.45, 7) is 8.70. The van der Waals surface area contributed by atoms with Crippen LogP contribution in [-0.2, 0) is 23.8 Å². The second kappa shape index (κ2) is 11.3. The summed E-state index contributed by atoms with van der Waals surface area (Å²) in [5, 5.41) is 4.47. The first kappa shape index (κ1) is 22.7. The Bertz CT molecular complexity index is 472. The molecule has 0 unspecified atom stereocenters. The largest absolute Gasteiger partial charge is 0.458 e. The van der Waals surface area contributed by atoms with Crippen LogP contribution in [0.1, 0.15) is 53.9 Å². The van der Waals surface area contributed by atoms with Crippen molar-refractivity contribution in [1.29, 1.82) is 0 Å². The SMILES string of the molecule is CCOC(=O)NC(=O)CCC[C@H](NC(=O)OCC)C(=O)OC(C)(C)C. The standard InChI is InChI=1S/C16H28N2O7/c1-6-23-14(21)17-11(13(20)25-16(3,4)5)9-8-10-12(19)18-15(22)24-7-2/h11H,6-10H2,1-5H3,(H,17,21)(H,18,19,22)/t11-/m0/s1. The lowest BCUT2D eigenvalue weighted by Gasteiger charge is -2.24. The Hall–Kier alpha value is -2.32. The molecular weight excluding hydrogens is 332 g/mol. The third-order valence-corrected chi connectivity index (χ3v) is 2.67. The average Bonchev–Trinajstić information content (AvgIpc) is 2.44. The van der Waals surface area contributed by atoms with Gasteiger partial charge in [-0.1, -0.05) is 0 Å². The van der Waals surface area contributed by atoms with Crippen molar-refractivity contribution in [3.05, 3.63) is 0 Å². The van der Waals surface area contributed by atoms with Crippen LogP contribution < -0.4 is 10.6 Å². The molecule has 0 aliphatic carbocycles. The van der Waals surface area contributed by atoms with Crippen LogP contribution in [0.25, 0.3) is 0 Å². The van der Waals surface area contributed by atoms with Crippen molar-refractivity contribution in [3.63, 3.8) is 0 Å². The second-order valence-electron chi connectivity index (χ2n) is 6.11. The number of imide groups is 1. The summed E-state index contributed by atoms with van der Waals surface area (Å²) in [6.07, 6.45) is -1.16. The maximum absolute atomic E-state index is 12.2. The van der Waals surface area contributed by atoms with Crippen molar-refractivity contribution in [1.82, 2.24) is 10.6 Å². The summed E-state index contributed by atoms with van der Waals surface area (Å²) in [5.74, 6) is -1.15. The zero-order valence-corrected chi connectivity index (χ0v) is 15.5. The number of alkyl carbamates (subject to hydrolysis) is 2. The van der Waals surface area contributed by atoms with Crippen molar-refractivity contribution >= 4 is 24.1 Å². The number of hydrogen-bond acceptors (Lipinski definition) is 7. The van der Waals surface area contributed by atoms with Gasteiger partial charge in [0.15, 0.2) is 0 Å². The van der Waals surface area contributed by atoms with E-state index in [1.165, 1.54) is 0 Å². The minimum absolute atomic E-state index is 0.0113. The molecule has 0 aromatic carbocycles. The van der Waals surface area contributed by atoms with Gasteiger partial charge in [0.1, 0.15) is 11.6 Å². The molecule has 0 radical (unpaired) electrons. The molecule has 2 N–H and O–H groups in total. The monoisotopic (exact) mass is 360 g/mol. The van der Waals surface area contributed by atoms with Gasteiger partial charge < -0.3 is 19.5 Å². The summed E-state index contributed by atoms with van der Waals surface area (Å²) < 4.78 is 14.6. The van der Waals surface area contributed by atoms with Gasteiger partial charge in [-0.25, -0.2) is 14.4 Å². The zero-order valence-electron chi connectivity index (χ0n) is 15.5. The highest BCUT2D eigenvalue weighted by molar-refractivity contribution is 5.91. The Morgan fingerprint density at radius 1 is 0.960 bits per heavy atom. The number of carbonyl (C=O) groups is 4. The molecule has 9 heteroatoms. The number of amides is 3. The van der Waals surface area contributed by atoms with Gasteiger partial charge in [-0.15, -0.1) is 0 Å². The summed E-state index contributed by atoms with van der Waals surface area (Å²) in [6, 6.07) is -0.950. The quantitative estimate of drug-likeness (QED) is 0.501. The Morgan fingerprint density at radius 3 is 2.04 bits per heavy atom. The minimum Gasteiger partial charge on any atom is -0.458 e. The van der Waals surface area contributed by atoms with E-state index in [1.54, 1.807) is 34.6 Å². The lowest BCUT2D eigenvalue weighted by atomic mass is 10.1. The van der Waals surface area contributed by atoms with Gasteiger partial charge in [0, 0.05) is 6.42 Å². The summed E-state index contributed by atoms with van der Waals surface area (Å²) in [5.41, 5.74) is -0.715. The van der Waals surface area contributed by atoms with E-state index < -0.39 is 35.7 Å². The predicted octanol–water partition coefficient (Wildman–Crippen LogP) is 1.89. The van der Waals surface area contributed by atoms with Crippen LogP contribution in [0.3, 0.4) is 0 Å². The van der Waals surface area contributed by atoms with E-state index in [2.05, 4.69) is 15.4 Å². The molecule has 0 spiro atoms. The molecule has 25 heavy (non-hydrogen) atoms. The summed E-state index contributed by atoms with van der Waals surface area (Å²) in [7, 11) is 0. The highest BCUT2D eigenvalue weighted by Crippen LogP contribution is 2.12. The third-order valence-electron chi connectivity index (χ3n) is 2.67. The van der Waals surface area contributed by atoms with Crippen molar-refractivity contribution in [2.24, 2.45) is 0 Å². The molecule has 0 bridgehead atoms.